The average molecular weight is 300 g/mol. The van der Waals surface area contributed by atoms with Crippen LogP contribution in [0.4, 0.5) is 14.9 Å². The summed E-state index contributed by atoms with van der Waals surface area (Å²) < 4.78 is 13.2. The van der Waals surface area contributed by atoms with Crippen LogP contribution in [-0.4, -0.2) is 35.2 Å². The summed E-state index contributed by atoms with van der Waals surface area (Å²) in [7, 11) is 0. The summed E-state index contributed by atoms with van der Waals surface area (Å²) >= 11 is 1.62. The number of thioether (sulfide) groups is 1. The van der Waals surface area contributed by atoms with E-state index in [0.717, 1.165) is 24.3 Å². The van der Waals surface area contributed by atoms with E-state index in [1.54, 1.807) is 11.8 Å². The molecule has 1 atom stereocenters. The fraction of sp³-hybridized carbons (Fsp3) is 0.385. The number of halogens is 1. The number of aromatic carboxylic acids is 1. The van der Waals surface area contributed by atoms with Gasteiger partial charge in [-0.05, 0) is 30.9 Å². The summed E-state index contributed by atoms with van der Waals surface area (Å²) in [6.07, 6.45) is 2.74. The van der Waals surface area contributed by atoms with Gasteiger partial charge in [0.25, 0.3) is 0 Å². The van der Waals surface area contributed by atoms with Gasteiger partial charge in [0, 0.05) is 17.5 Å². The van der Waals surface area contributed by atoms with Gasteiger partial charge in [-0.15, -0.1) is 0 Å². The molecule has 0 aliphatic carbocycles. The zero-order valence-corrected chi connectivity index (χ0v) is 12.1. The second-order valence-electron chi connectivity index (χ2n) is 4.16. The van der Waals surface area contributed by atoms with Crippen molar-refractivity contribution in [3.8, 4) is 0 Å². The lowest BCUT2D eigenvalue weighted by Crippen LogP contribution is -2.39. The molecule has 1 aromatic rings. The average Bonchev–Trinajstić information content (AvgIpc) is 2.40. The first-order chi connectivity index (χ1) is 9.47. The minimum atomic E-state index is -1.37. The van der Waals surface area contributed by atoms with Gasteiger partial charge >= 0.3 is 12.0 Å². The van der Waals surface area contributed by atoms with E-state index in [4.69, 9.17) is 5.11 Å². The molecule has 0 radical (unpaired) electrons. The predicted molar refractivity (Wildman–Crippen MR) is 78.0 cm³/mol. The van der Waals surface area contributed by atoms with Gasteiger partial charge in [0.2, 0.25) is 0 Å². The Hall–Kier alpha value is -1.76. The van der Waals surface area contributed by atoms with Crippen LogP contribution >= 0.6 is 11.8 Å². The number of hydrogen-bond donors (Lipinski definition) is 3. The number of amides is 2. The van der Waals surface area contributed by atoms with Gasteiger partial charge in [0.05, 0.1) is 5.56 Å². The summed E-state index contributed by atoms with van der Waals surface area (Å²) in [5.74, 6) is -1.43. The molecule has 2 amide bonds. The highest BCUT2D eigenvalue weighted by molar-refractivity contribution is 7.98. The molecular formula is C13H17FN2O3S. The van der Waals surface area contributed by atoms with Crippen LogP contribution < -0.4 is 10.6 Å². The van der Waals surface area contributed by atoms with E-state index >= 15 is 0 Å². The van der Waals surface area contributed by atoms with E-state index in [9.17, 15) is 14.0 Å². The number of carboxylic acid groups (broad SMARTS) is 1. The van der Waals surface area contributed by atoms with E-state index in [2.05, 4.69) is 10.6 Å². The largest absolute Gasteiger partial charge is 0.478 e. The maximum absolute atomic E-state index is 13.2. The monoisotopic (exact) mass is 300 g/mol. The van der Waals surface area contributed by atoms with Gasteiger partial charge < -0.3 is 15.7 Å². The first kappa shape index (κ1) is 16.3. The van der Waals surface area contributed by atoms with Crippen molar-refractivity contribution in [2.75, 3.05) is 17.3 Å². The van der Waals surface area contributed by atoms with E-state index in [0.29, 0.717) is 0 Å². The lowest BCUT2D eigenvalue weighted by atomic mass is 10.2. The van der Waals surface area contributed by atoms with Crippen molar-refractivity contribution in [2.45, 2.75) is 19.4 Å². The van der Waals surface area contributed by atoms with Crippen LogP contribution in [0.1, 0.15) is 23.7 Å². The number of carbonyl (C=O) groups excluding carboxylic acids is 1. The molecular weight excluding hydrogens is 283 g/mol. The molecule has 0 spiro atoms. The zero-order valence-electron chi connectivity index (χ0n) is 11.3. The van der Waals surface area contributed by atoms with Crippen molar-refractivity contribution in [1.29, 1.82) is 0 Å². The molecule has 0 aliphatic rings. The van der Waals surface area contributed by atoms with Crippen LogP contribution in [0.3, 0.4) is 0 Å². The maximum atomic E-state index is 13.2. The van der Waals surface area contributed by atoms with Gasteiger partial charge in [-0.25, -0.2) is 14.0 Å². The highest BCUT2D eigenvalue weighted by atomic mass is 32.2. The molecule has 0 saturated carbocycles. The Balaban J connectivity index is 2.71. The summed E-state index contributed by atoms with van der Waals surface area (Å²) in [5.41, 5.74) is -0.237. The quantitative estimate of drug-likeness (QED) is 0.755. The smallest absolute Gasteiger partial charge is 0.338 e. The van der Waals surface area contributed by atoms with E-state index in [-0.39, 0.29) is 11.7 Å². The Morgan fingerprint density at radius 2 is 2.15 bits per heavy atom. The fourth-order valence-electron chi connectivity index (χ4n) is 1.58. The van der Waals surface area contributed by atoms with Crippen molar-refractivity contribution in [3.63, 3.8) is 0 Å². The van der Waals surface area contributed by atoms with Crippen LogP contribution in [0, 0.1) is 5.82 Å². The standard InChI is InChI=1S/C13H17FN2O3S/c1-3-8(7-20-2)15-13(19)16-9-4-5-11(14)10(6-9)12(17)18/h4-6,8H,3,7H2,1-2H3,(H,17,18)(H2,15,16,19). The normalized spacial score (nSPS) is 11.8. The van der Waals surface area contributed by atoms with Crippen molar-refractivity contribution >= 4 is 29.4 Å². The number of nitrogens with one attached hydrogen (secondary N) is 2. The highest BCUT2D eigenvalue weighted by Gasteiger charge is 2.13. The third-order valence-electron chi connectivity index (χ3n) is 2.65. The van der Waals surface area contributed by atoms with Gasteiger partial charge in [0.1, 0.15) is 5.82 Å². The third kappa shape index (κ3) is 4.73. The highest BCUT2D eigenvalue weighted by Crippen LogP contribution is 2.15. The Morgan fingerprint density at radius 3 is 2.70 bits per heavy atom. The molecule has 3 N–H and O–H groups in total. The number of urea groups is 1. The Bertz CT molecular complexity index is 497. The zero-order chi connectivity index (χ0) is 15.1. The molecule has 0 fully saturated rings. The second-order valence-corrected chi connectivity index (χ2v) is 5.07. The number of carbonyl (C=O) groups is 2. The third-order valence-corrected chi connectivity index (χ3v) is 3.39. The number of anilines is 1. The minimum Gasteiger partial charge on any atom is -0.478 e. The minimum absolute atomic E-state index is 0.0318. The Labute approximate surface area is 120 Å². The topological polar surface area (TPSA) is 78.4 Å². The Morgan fingerprint density at radius 1 is 1.45 bits per heavy atom. The molecule has 0 aromatic heterocycles. The van der Waals surface area contributed by atoms with Crippen LogP contribution in [0.15, 0.2) is 18.2 Å². The van der Waals surface area contributed by atoms with Crippen LogP contribution in [0.25, 0.3) is 0 Å². The van der Waals surface area contributed by atoms with E-state index < -0.39 is 23.4 Å². The fourth-order valence-corrected chi connectivity index (χ4v) is 2.30. The molecule has 0 aliphatic heterocycles. The van der Waals surface area contributed by atoms with Crippen LogP contribution in [-0.2, 0) is 0 Å². The lowest BCUT2D eigenvalue weighted by Gasteiger charge is -2.16. The van der Waals surface area contributed by atoms with Crippen molar-refractivity contribution < 1.29 is 19.1 Å². The van der Waals surface area contributed by atoms with Crippen molar-refractivity contribution in [1.82, 2.24) is 5.32 Å². The summed E-state index contributed by atoms with van der Waals surface area (Å²) in [5, 5.41) is 14.1. The molecule has 0 bridgehead atoms. The number of benzene rings is 1. The molecule has 20 heavy (non-hydrogen) atoms. The molecule has 110 valence electrons. The number of rotatable bonds is 6. The Kier molecular flexibility index (Phi) is 6.30. The molecule has 0 heterocycles. The van der Waals surface area contributed by atoms with Crippen LogP contribution in [0.2, 0.25) is 0 Å². The van der Waals surface area contributed by atoms with Crippen LogP contribution in [0.5, 0.6) is 0 Å². The lowest BCUT2D eigenvalue weighted by molar-refractivity contribution is 0.0692. The molecule has 1 aromatic carbocycles. The van der Waals surface area contributed by atoms with Gasteiger partial charge in [-0.2, -0.15) is 11.8 Å². The van der Waals surface area contributed by atoms with Gasteiger partial charge in [-0.3, -0.25) is 0 Å². The van der Waals surface area contributed by atoms with Crippen molar-refractivity contribution in [3.05, 3.63) is 29.6 Å². The first-order valence-electron chi connectivity index (χ1n) is 6.07. The molecule has 0 saturated heterocycles. The van der Waals surface area contributed by atoms with E-state index in [1.807, 2.05) is 13.2 Å². The van der Waals surface area contributed by atoms with Gasteiger partial charge in [0.15, 0.2) is 0 Å². The molecule has 1 unspecified atom stereocenters. The molecule has 5 nitrogen and oxygen atoms in total. The van der Waals surface area contributed by atoms with Gasteiger partial charge in [-0.1, -0.05) is 6.92 Å². The maximum Gasteiger partial charge on any atom is 0.338 e. The first-order valence-corrected chi connectivity index (χ1v) is 7.46. The summed E-state index contributed by atoms with van der Waals surface area (Å²) in [6.45, 7) is 1.96. The van der Waals surface area contributed by atoms with Crippen molar-refractivity contribution in [2.24, 2.45) is 0 Å². The molecule has 7 heteroatoms. The SMILES string of the molecule is CCC(CSC)NC(=O)Nc1ccc(F)c(C(=O)O)c1. The second kappa shape index (κ2) is 7.74. The summed E-state index contributed by atoms with van der Waals surface area (Å²) in [6, 6.07) is 3.01. The summed E-state index contributed by atoms with van der Waals surface area (Å²) in [4.78, 5) is 22.5. The van der Waals surface area contributed by atoms with E-state index in [1.165, 1.54) is 6.07 Å². The molecule has 1 rings (SSSR count). The number of hydrogen-bond acceptors (Lipinski definition) is 3. The predicted octanol–water partition coefficient (Wildman–Crippen LogP) is 2.79. The number of carboxylic acids is 1.